The number of aliphatic hydroxyl groups is 1. The van der Waals surface area contributed by atoms with Gasteiger partial charge in [-0.1, -0.05) is 13.3 Å². The van der Waals surface area contributed by atoms with Gasteiger partial charge in [-0.3, -0.25) is 0 Å². The lowest BCUT2D eigenvalue weighted by molar-refractivity contribution is -0.0108. The Morgan fingerprint density at radius 2 is 1.85 bits per heavy atom. The molecule has 0 aromatic rings. The van der Waals surface area contributed by atoms with E-state index >= 15 is 0 Å². The second-order valence-electron chi connectivity index (χ2n) is 6.18. The Labute approximate surface area is 124 Å². The normalized spacial score (nSPS) is 25.1. The van der Waals surface area contributed by atoms with Gasteiger partial charge in [-0.15, -0.1) is 0 Å². The summed E-state index contributed by atoms with van der Waals surface area (Å²) >= 11 is 0. The zero-order chi connectivity index (χ0) is 14.8. The monoisotopic (exact) mass is 287 g/mol. The van der Waals surface area contributed by atoms with Gasteiger partial charge in [0.15, 0.2) is 0 Å². The highest BCUT2D eigenvalue weighted by Gasteiger charge is 2.20. The van der Waals surface area contributed by atoms with E-state index in [1.54, 1.807) is 0 Å². The molecule has 0 amide bonds. The highest BCUT2D eigenvalue weighted by Crippen LogP contribution is 2.26. The van der Waals surface area contributed by atoms with Crippen molar-refractivity contribution >= 4 is 0 Å². The lowest BCUT2D eigenvalue weighted by atomic mass is 9.84. The molecular weight excluding hydrogens is 254 g/mol. The molecule has 0 radical (unpaired) electrons. The quantitative estimate of drug-likeness (QED) is 0.606. The van der Waals surface area contributed by atoms with E-state index in [0.29, 0.717) is 32.4 Å². The van der Waals surface area contributed by atoms with Crippen LogP contribution < -0.4 is 5.32 Å². The lowest BCUT2D eigenvalue weighted by Gasteiger charge is -2.29. The van der Waals surface area contributed by atoms with Crippen molar-refractivity contribution in [1.29, 1.82) is 0 Å². The van der Waals surface area contributed by atoms with Gasteiger partial charge in [-0.05, 0) is 45.4 Å². The van der Waals surface area contributed by atoms with Crippen LogP contribution in [0.15, 0.2) is 0 Å². The maximum absolute atomic E-state index is 9.86. The van der Waals surface area contributed by atoms with Crippen molar-refractivity contribution in [3.05, 3.63) is 0 Å². The van der Waals surface area contributed by atoms with Gasteiger partial charge in [0.05, 0.1) is 32.0 Å². The van der Waals surface area contributed by atoms with Crippen LogP contribution in [0, 0.1) is 5.92 Å². The summed E-state index contributed by atoms with van der Waals surface area (Å²) in [5, 5.41) is 13.3. The predicted molar refractivity (Wildman–Crippen MR) is 82.0 cm³/mol. The summed E-state index contributed by atoms with van der Waals surface area (Å²) in [4.78, 5) is 0. The van der Waals surface area contributed by atoms with Gasteiger partial charge in [-0.2, -0.15) is 0 Å². The van der Waals surface area contributed by atoms with Crippen molar-refractivity contribution in [3.63, 3.8) is 0 Å². The van der Waals surface area contributed by atoms with Crippen LogP contribution in [0.2, 0.25) is 0 Å². The first-order valence-corrected chi connectivity index (χ1v) is 8.22. The van der Waals surface area contributed by atoms with Crippen LogP contribution in [-0.4, -0.2) is 49.7 Å². The molecule has 0 aromatic heterocycles. The molecule has 0 heterocycles. The first-order chi connectivity index (χ1) is 9.61. The number of hydrogen-bond acceptors (Lipinski definition) is 4. The summed E-state index contributed by atoms with van der Waals surface area (Å²) in [5.41, 5.74) is 0. The summed E-state index contributed by atoms with van der Waals surface area (Å²) < 4.78 is 10.8. The Morgan fingerprint density at radius 3 is 2.45 bits per heavy atom. The molecule has 20 heavy (non-hydrogen) atoms. The third kappa shape index (κ3) is 8.20. The molecular formula is C16H33NO3. The molecule has 1 atom stereocenters. The number of hydrogen-bond donors (Lipinski definition) is 2. The number of aliphatic hydroxyl groups excluding tert-OH is 1. The first kappa shape index (κ1) is 17.9. The van der Waals surface area contributed by atoms with Gasteiger partial charge < -0.3 is 19.9 Å². The largest absolute Gasteiger partial charge is 0.389 e. The van der Waals surface area contributed by atoms with E-state index in [9.17, 15) is 5.11 Å². The van der Waals surface area contributed by atoms with Gasteiger partial charge in [0.2, 0.25) is 0 Å². The second kappa shape index (κ2) is 10.6. The van der Waals surface area contributed by atoms with Crippen LogP contribution >= 0.6 is 0 Å². The average molecular weight is 287 g/mol. The highest BCUT2D eigenvalue weighted by atomic mass is 16.5. The van der Waals surface area contributed by atoms with E-state index in [4.69, 9.17) is 9.47 Å². The minimum Gasteiger partial charge on any atom is -0.389 e. The summed E-state index contributed by atoms with van der Waals surface area (Å²) in [6.07, 6.45) is 6.27. The van der Waals surface area contributed by atoms with Crippen LogP contribution in [-0.2, 0) is 9.47 Å². The van der Waals surface area contributed by atoms with Crippen molar-refractivity contribution in [3.8, 4) is 0 Å². The van der Waals surface area contributed by atoms with Crippen molar-refractivity contribution in [2.45, 2.75) is 71.1 Å². The van der Waals surface area contributed by atoms with Crippen LogP contribution in [0.4, 0.5) is 0 Å². The maximum atomic E-state index is 9.86. The molecule has 2 N–H and O–H groups in total. The molecule has 1 aliphatic rings. The van der Waals surface area contributed by atoms with Gasteiger partial charge in [0.1, 0.15) is 0 Å². The third-order valence-corrected chi connectivity index (χ3v) is 4.06. The molecule has 1 saturated carbocycles. The molecule has 4 nitrogen and oxygen atoms in total. The molecule has 1 aliphatic carbocycles. The first-order valence-electron chi connectivity index (χ1n) is 8.22. The summed E-state index contributed by atoms with van der Waals surface area (Å²) in [7, 11) is 0. The molecule has 0 aliphatic heterocycles. The molecule has 4 heteroatoms. The zero-order valence-corrected chi connectivity index (χ0v) is 13.4. The predicted octanol–water partition coefficient (Wildman–Crippen LogP) is 2.35. The number of nitrogens with one attached hydrogen (secondary N) is 1. The van der Waals surface area contributed by atoms with E-state index in [1.165, 1.54) is 32.1 Å². The molecule has 1 rings (SSSR count). The fraction of sp³-hybridized carbons (Fsp3) is 1.00. The molecule has 0 bridgehead atoms. The molecule has 120 valence electrons. The molecule has 1 fully saturated rings. The topological polar surface area (TPSA) is 50.7 Å². The van der Waals surface area contributed by atoms with E-state index in [2.05, 4.69) is 12.2 Å². The molecule has 0 saturated heterocycles. The van der Waals surface area contributed by atoms with E-state index < -0.39 is 6.10 Å². The van der Waals surface area contributed by atoms with Gasteiger partial charge in [-0.25, -0.2) is 0 Å². The standard InChI is InChI=1S/C16H33NO3/c1-4-14-5-7-15(8-6-14)17-11-16(18)12-19-9-10-20-13(2)3/h13-18H,4-12H2,1-3H3. The van der Waals surface area contributed by atoms with E-state index in [1.807, 2.05) is 13.8 Å². The molecule has 0 aromatic carbocycles. The Balaban J connectivity index is 1.96. The van der Waals surface area contributed by atoms with Crippen molar-refractivity contribution in [2.75, 3.05) is 26.4 Å². The van der Waals surface area contributed by atoms with E-state index in [-0.39, 0.29) is 6.10 Å². The summed E-state index contributed by atoms with van der Waals surface area (Å²) in [6.45, 7) is 8.46. The Kier molecular flexibility index (Phi) is 9.44. The number of ether oxygens (including phenoxy) is 2. The molecule has 0 spiro atoms. The Morgan fingerprint density at radius 1 is 1.15 bits per heavy atom. The van der Waals surface area contributed by atoms with Crippen molar-refractivity contribution < 1.29 is 14.6 Å². The fourth-order valence-electron chi connectivity index (χ4n) is 2.70. The lowest BCUT2D eigenvalue weighted by Crippen LogP contribution is -2.39. The van der Waals surface area contributed by atoms with Crippen LogP contribution in [0.1, 0.15) is 52.9 Å². The second-order valence-corrected chi connectivity index (χ2v) is 6.18. The smallest absolute Gasteiger partial charge is 0.0897 e. The van der Waals surface area contributed by atoms with Crippen LogP contribution in [0.5, 0.6) is 0 Å². The minimum atomic E-state index is -0.419. The van der Waals surface area contributed by atoms with Gasteiger partial charge in [0.25, 0.3) is 0 Å². The number of rotatable bonds is 10. The Bertz CT molecular complexity index is 228. The average Bonchev–Trinajstić information content (AvgIpc) is 2.45. The zero-order valence-electron chi connectivity index (χ0n) is 13.4. The van der Waals surface area contributed by atoms with Crippen molar-refractivity contribution in [2.24, 2.45) is 5.92 Å². The van der Waals surface area contributed by atoms with Gasteiger partial charge >= 0.3 is 0 Å². The maximum Gasteiger partial charge on any atom is 0.0897 e. The fourth-order valence-corrected chi connectivity index (χ4v) is 2.70. The summed E-state index contributed by atoms with van der Waals surface area (Å²) in [6, 6.07) is 0.580. The summed E-state index contributed by atoms with van der Waals surface area (Å²) in [5.74, 6) is 0.919. The van der Waals surface area contributed by atoms with Gasteiger partial charge in [0, 0.05) is 12.6 Å². The van der Waals surface area contributed by atoms with Crippen LogP contribution in [0.3, 0.4) is 0 Å². The molecule has 1 unspecified atom stereocenters. The highest BCUT2D eigenvalue weighted by molar-refractivity contribution is 4.77. The van der Waals surface area contributed by atoms with E-state index in [0.717, 1.165) is 5.92 Å². The van der Waals surface area contributed by atoms with Crippen molar-refractivity contribution in [1.82, 2.24) is 5.32 Å². The third-order valence-electron chi connectivity index (χ3n) is 4.06. The Hall–Kier alpha value is -0.160. The minimum absolute atomic E-state index is 0.239. The SMILES string of the molecule is CCC1CCC(NCC(O)COCCOC(C)C)CC1. The van der Waals surface area contributed by atoms with Crippen LogP contribution in [0.25, 0.3) is 0 Å².